The van der Waals surface area contributed by atoms with Gasteiger partial charge in [0.05, 0.1) is 6.20 Å². The van der Waals surface area contributed by atoms with Crippen LogP contribution >= 0.6 is 15.9 Å². The number of hydrogen-bond acceptors (Lipinski definition) is 3. The van der Waals surface area contributed by atoms with Crippen molar-refractivity contribution in [1.29, 1.82) is 0 Å². The SMILES string of the molecule is CNC(C)c1ccc(Br)cc1Oc1cccnc1. The van der Waals surface area contributed by atoms with Crippen molar-refractivity contribution in [2.24, 2.45) is 0 Å². The molecule has 2 aromatic rings. The minimum atomic E-state index is 0.227. The molecule has 1 N–H and O–H groups in total. The number of benzene rings is 1. The molecule has 0 amide bonds. The van der Waals surface area contributed by atoms with Crippen molar-refractivity contribution in [3.63, 3.8) is 0 Å². The standard InChI is InChI=1S/C14H15BrN2O/c1-10(16-2)13-6-5-11(15)8-14(13)18-12-4-3-7-17-9-12/h3-10,16H,1-2H3. The molecule has 1 aromatic heterocycles. The van der Waals surface area contributed by atoms with Gasteiger partial charge in [-0.1, -0.05) is 22.0 Å². The summed E-state index contributed by atoms with van der Waals surface area (Å²) in [7, 11) is 1.93. The third-order valence-electron chi connectivity index (χ3n) is 2.74. The fourth-order valence-corrected chi connectivity index (χ4v) is 1.98. The largest absolute Gasteiger partial charge is 0.455 e. The van der Waals surface area contributed by atoms with Gasteiger partial charge in [0.2, 0.25) is 0 Å². The Kier molecular flexibility index (Phi) is 4.33. The fraction of sp³-hybridized carbons (Fsp3) is 0.214. The van der Waals surface area contributed by atoms with E-state index in [1.807, 2.05) is 31.3 Å². The number of rotatable bonds is 4. The first kappa shape index (κ1) is 13.1. The molecule has 1 atom stereocenters. The molecule has 0 spiro atoms. The summed E-state index contributed by atoms with van der Waals surface area (Å²) in [6.07, 6.45) is 3.43. The molecule has 2 rings (SSSR count). The zero-order valence-corrected chi connectivity index (χ0v) is 11.9. The first-order valence-corrected chi connectivity index (χ1v) is 6.54. The number of nitrogens with one attached hydrogen (secondary N) is 1. The normalized spacial score (nSPS) is 12.2. The van der Waals surface area contributed by atoms with Gasteiger partial charge in [-0.05, 0) is 38.2 Å². The highest BCUT2D eigenvalue weighted by Crippen LogP contribution is 2.31. The van der Waals surface area contributed by atoms with Gasteiger partial charge in [0.15, 0.2) is 0 Å². The van der Waals surface area contributed by atoms with E-state index in [-0.39, 0.29) is 6.04 Å². The second kappa shape index (κ2) is 5.98. The van der Waals surface area contributed by atoms with Crippen molar-refractivity contribution < 1.29 is 4.74 Å². The highest BCUT2D eigenvalue weighted by molar-refractivity contribution is 9.10. The lowest BCUT2D eigenvalue weighted by molar-refractivity contribution is 0.464. The molecule has 0 fully saturated rings. The Morgan fingerprint density at radius 3 is 2.83 bits per heavy atom. The molecular weight excluding hydrogens is 292 g/mol. The zero-order chi connectivity index (χ0) is 13.0. The second-order valence-corrected chi connectivity index (χ2v) is 4.90. The average molecular weight is 307 g/mol. The molecular formula is C14H15BrN2O. The maximum absolute atomic E-state index is 5.88. The van der Waals surface area contributed by atoms with Gasteiger partial charge >= 0.3 is 0 Å². The van der Waals surface area contributed by atoms with Gasteiger partial charge in [-0.15, -0.1) is 0 Å². The molecule has 0 saturated carbocycles. The van der Waals surface area contributed by atoms with Gasteiger partial charge < -0.3 is 10.1 Å². The van der Waals surface area contributed by atoms with E-state index in [0.29, 0.717) is 0 Å². The van der Waals surface area contributed by atoms with E-state index in [2.05, 4.69) is 39.2 Å². The Balaban J connectivity index is 2.33. The quantitative estimate of drug-likeness (QED) is 0.929. The topological polar surface area (TPSA) is 34.1 Å². The van der Waals surface area contributed by atoms with Crippen LogP contribution in [0.3, 0.4) is 0 Å². The molecule has 0 aliphatic rings. The van der Waals surface area contributed by atoms with Crippen LogP contribution in [-0.4, -0.2) is 12.0 Å². The minimum Gasteiger partial charge on any atom is -0.455 e. The number of nitrogens with zero attached hydrogens (tertiary/aromatic N) is 1. The number of halogens is 1. The second-order valence-electron chi connectivity index (χ2n) is 3.98. The maximum Gasteiger partial charge on any atom is 0.145 e. The summed E-state index contributed by atoms with van der Waals surface area (Å²) < 4.78 is 6.87. The van der Waals surface area contributed by atoms with Crippen molar-refractivity contribution in [2.75, 3.05) is 7.05 Å². The summed E-state index contributed by atoms with van der Waals surface area (Å²) in [5.74, 6) is 1.57. The Bertz CT molecular complexity index is 516. The minimum absolute atomic E-state index is 0.227. The molecule has 1 heterocycles. The molecule has 0 aliphatic heterocycles. The Hall–Kier alpha value is -1.39. The predicted molar refractivity (Wildman–Crippen MR) is 75.9 cm³/mol. The van der Waals surface area contributed by atoms with Crippen LogP contribution in [0, 0.1) is 0 Å². The Morgan fingerprint density at radius 2 is 2.17 bits per heavy atom. The van der Waals surface area contributed by atoms with E-state index in [4.69, 9.17) is 4.74 Å². The predicted octanol–water partition coefficient (Wildman–Crippen LogP) is 3.92. The van der Waals surface area contributed by atoms with Crippen LogP contribution in [0.25, 0.3) is 0 Å². The summed E-state index contributed by atoms with van der Waals surface area (Å²) >= 11 is 3.46. The lowest BCUT2D eigenvalue weighted by Crippen LogP contribution is -2.13. The number of pyridine rings is 1. The number of ether oxygens (including phenoxy) is 1. The van der Waals surface area contributed by atoms with E-state index < -0.39 is 0 Å². The van der Waals surface area contributed by atoms with Crippen LogP contribution in [0.2, 0.25) is 0 Å². The van der Waals surface area contributed by atoms with Crippen LogP contribution in [-0.2, 0) is 0 Å². The van der Waals surface area contributed by atoms with Crippen molar-refractivity contribution in [3.05, 3.63) is 52.8 Å². The Labute approximate surface area is 115 Å². The summed E-state index contributed by atoms with van der Waals surface area (Å²) in [5, 5.41) is 3.22. The molecule has 3 nitrogen and oxygen atoms in total. The van der Waals surface area contributed by atoms with E-state index in [0.717, 1.165) is 21.5 Å². The highest BCUT2D eigenvalue weighted by atomic mass is 79.9. The van der Waals surface area contributed by atoms with Crippen molar-refractivity contribution >= 4 is 15.9 Å². The molecule has 18 heavy (non-hydrogen) atoms. The Morgan fingerprint density at radius 1 is 1.33 bits per heavy atom. The van der Waals surface area contributed by atoms with Crippen LogP contribution in [0.1, 0.15) is 18.5 Å². The maximum atomic E-state index is 5.88. The first-order chi connectivity index (χ1) is 8.70. The molecule has 0 aliphatic carbocycles. The number of hydrogen-bond donors (Lipinski definition) is 1. The molecule has 0 saturated heterocycles. The molecule has 0 radical (unpaired) electrons. The third kappa shape index (κ3) is 3.09. The zero-order valence-electron chi connectivity index (χ0n) is 10.4. The van der Waals surface area contributed by atoms with Crippen molar-refractivity contribution in [3.8, 4) is 11.5 Å². The van der Waals surface area contributed by atoms with E-state index >= 15 is 0 Å². The third-order valence-corrected chi connectivity index (χ3v) is 3.23. The van der Waals surface area contributed by atoms with Gasteiger partial charge in [0, 0.05) is 22.3 Å². The molecule has 1 unspecified atom stereocenters. The van der Waals surface area contributed by atoms with Gasteiger partial charge in [0.25, 0.3) is 0 Å². The van der Waals surface area contributed by atoms with E-state index in [1.165, 1.54) is 0 Å². The first-order valence-electron chi connectivity index (χ1n) is 5.75. The van der Waals surface area contributed by atoms with Gasteiger partial charge in [-0.25, -0.2) is 0 Å². The van der Waals surface area contributed by atoms with Crippen LogP contribution in [0.5, 0.6) is 11.5 Å². The van der Waals surface area contributed by atoms with Crippen molar-refractivity contribution in [1.82, 2.24) is 10.3 Å². The molecule has 4 heteroatoms. The number of aromatic nitrogens is 1. The van der Waals surface area contributed by atoms with Crippen LogP contribution < -0.4 is 10.1 Å². The summed E-state index contributed by atoms with van der Waals surface area (Å²) in [5.41, 5.74) is 1.12. The average Bonchev–Trinajstić information content (AvgIpc) is 2.39. The molecule has 0 bridgehead atoms. The van der Waals surface area contributed by atoms with E-state index in [9.17, 15) is 0 Å². The fourth-order valence-electron chi connectivity index (χ4n) is 1.64. The lowest BCUT2D eigenvalue weighted by atomic mass is 10.1. The lowest BCUT2D eigenvalue weighted by Gasteiger charge is -2.16. The van der Waals surface area contributed by atoms with Crippen LogP contribution in [0.4, 0.5) is 0 Å². The summed E-state index contributed by atoms with van der Waals surface area (Å²) in [6, 6.07) is 10.0. The summed E-state index contributed by atoms with van der Waals surface area (Å²) in [6.45, 7) is 2.10. The van der Waals surface area contributed by atoms with Gasteiger partial charge in [0.1, 0.15) is 11.5 Å². The van der Waals surface area contributed by atoms with Gasteiger partial charge in [-0.2, -0.15) is 0 Å². The highest BCUT2D eigenvalue weighted by Gasteiger charge is 2.11. The van der Waals surface area contributed by atoms with Gasteiger partial charge in [-0.3, -0.25) is 4.98 Å². The monoisotopic (exact) mass is 306 g/mol. The molecule has 1 aromatic carbocycles. The smallest absolute Gasteiger partial charge is 0.145 e. The van der Waals surface area contributed by atoms with E-state index in [1.54, 1.807) is 12.4 Å². The molecule has 94 valence electrons. The van der Waals surface area contributed by atoms with Crippen molar-refractivity contribution in [2.45, 2.75) is 13.0 Å². The van der Waals surface area contributed by atoms with Crippen LogP contribution in [0.15, 0.2) is 47.2 Å². The summed E-state index contributed by atoms with van der Waals surface area (Å²) in [4.78, 5) is 4.05.